The van der Waals surface area contributed by atoms with Gasteiger partial charge in [-0.15, -0.1) is 0 Å². The Kier molecular flexibility index (Phi) is 27.3. The minimum absolute atomic E-state index is 0.0147. The van der Waals surface area contributed by atoms with Crippen LogP contribution in [0.4, 0.5) is 0 Å². The van der Waals surface area contributed by atoms with Crippen LogP contribution in [-0.2, 0) is 28.5 Å². The van der Waals surface area contributed by atoms with Gasteiger partial charge >= 0.3 is 0 Å². The Labute approximate surface area is 272 Å². The summed E-state index contributed by atoms with van der Waals surface area (Å²) in [5.74, 6) is 0.336. The standard InChI is InChI=1S/C35H66O10/c1-2-3-4-5-6-7-8-9-10-11-12-13-14-15-16-19-29(37)20-17-23-42-26-27-43-25-22-30(38)21-18-24-44-35-34(41)33(40)32(39)31(28-36)45-35/h31-36,39-41H,2-28H2,1H3/t31?,32-,33-,34?,35+/m1/s1. The number of aliphatic hydroxyl groups excluding tert-OH is 4. The van der Waals surface area contributed by atoms with Crippen molar-refractivity contribution in [3.8, 4) is 0 Å². The fraction of sp³-hybridized carbons (Fsp3) is 0.943. The first-order valence-corrected chi connectivity index (χ1v) is 18.0. The van der Waals surface area contributed by atoms with E-state index in [1.807, 2.05) is 0 Å². The molecule has 0 radical (unpaired) electrons. The van der Waals surface area contributed by atoms with Crippen LogP contribution >= 0.6 is 0 Å². The summed E-state index contributed by atoms with van der Waals surface area (Å²) in [6.45, 7) is 3.51. The number of Topliss-reactive ketones (excluding diaryl/α,β-unsaturated/α-hetero) is 2. The van der Waals surface area contributed by atoms with Gasteiger partial charge in [0.25, 0.3) is 0 Å². The second kappa shape index (κ2) is 29.2. The van der Waals surface area contributed by atoms with E-state index < -0.39 is 37.3 Å². The molecule has 0 amide bonds. The van der Waals surface area contributed by atoms with Gasteiger partial charge in [-0.3, -0.25) is 9.59 Å². The molecule has 1 heterocycles. The third-order valence-corrected chi connectivity index (χ3v) is 8.43. The number of carbonyl (C=O) groups excluding carboxylic acids is 2. The van der Waals surface area contributed by atoms with Crippen molar-refractivity contribution in [1.82, 2.24) is 0 Å². The fourth-order valence-electron chi connectivity index (χ4n) is 5.50. The predicted molar refractivity (Wildman–Crippen MR) is 174 cm³/mol. The van der Waals surface area contributed by atoms with Crippen LogP contribution in [0.5, 0.6) is 0 Å². The van der Waals surface area contributed by atoms with E-state index >= 15 is 0 Å². The summed E-state index contributed by atoms with van der Waals surface area (Å²) in [5.41, 5.74) is 0. The normalized spacial score (nSPS) is 21.8. The molecule has 1 aliphatic heterocycles. The SMILES string of the molecule is CCCCCCCCCCCCCCCCCC(=O)CCCOCCOCCC(=O)CCCO[C@H]1OC(CO)[C@@H](O)[C@@H](O)C1O. The van der Waals surface area contributed by atoms with E-state index in [4.69, 9.17) is 18.9 Å². The molecule has 2 unspecified atom stereocenters. The monoisotopic (exact) mass is 646 g/mol. The summed E-state index contributed by atoms with van der Waals surface area (Å²) in [7, 11) is 0. The lowest BCUT2D eigenvalue weighted by atomic mass is 9.99. The highest BCUT2D eigenvalue weighted by atomic mass is 16.7. The van der Waals surface area contributed by atoms with Gasteiger partial charge in [-0.05, 0) is 19.3 Å². The molecule has 0 aromatic carbocycles. The fourth-order valence-corrected chi connectivity index (χ4v) is 5.50. The molecule has 0 bridgehead atoms. The number of hydrogen-bond donors (Lipinski definition) is 4. The minimum Gasteiger partial charge on any atom is -0.394 e. The molecule has 0 saturated carbocycles. The Balaban J connectivity index is 1.82. The second-order valence-corrected chi connectivity index (χ2v) is 12.5. The summed E-state index contributed by atoms with van der Waals surface area (Å²) >= 11 is 0. The summed E-state index contributed by atoms with van der Waals surface area (Å²) in [6.07, 6.45) is 16.2. The van der Waals surface area contributed by atoms with E-state index in [0.29, 0.717) is 51.5 Å². The topological polar surface area (TPSA) is 152 Å². The molecule has 45 heavy (non-hydrogen) atoms. The van der Waals surface area contributed by atoms with Crippen LogP contribution in [0, 0.1) is 0 Å². The number of unbranched alkanes of at least 4 members (excludes halogenated alkanes) is 14. The van der Waals surface area contributed by atoms with Crippen molar-refractivity contribution in [3.05, 3.63) is 0 Å². The van der Waals surface area contributed by atoms with Crippen molar-refractivity contribution in [2.45, 2.75) is 172 Å². The third-order valence-electron chi connectivity index (χ3n) is 8.43. The number of aliphatic hydroxyl groups is 4. The van der Waals surface area contributed by atoms with Crippen LogP contribution in [0.25, 0.3) is 0 Å². The molecular formula is C35H66O10. The van der Waals surface area contributed by atoms with E-state index in [9.17, 15) is 30.0 Å². The van der Waals surface area contributed by atoms with Gasteiger partial charge in [-0.2, -0.15) is 0 Å². The van der Waals surface area contributed by atoms with E-state index in [-0.39, 0.29) is 25.2 Å². The van der Waals surface area contributed by atoms with E-state index in [1.54, 1.807) is 0 Å². The zero-order valence-electron chi connectivity index (χ0n) is 28.2. The van der Waals surface area contributed by atoms with Gasteiger partial charge in [-0.25, -0.2) is 0 Å². The number of ketones is 2. The van der Waals surface area contributed by atoms with Crippen molar-refractivity contribution < 1.29 is 49.0 Å². The molecule has 10 heteroatoms. The van der Waals surface area contributed by atoms with Crippen LogP contribution in [-0.4, -0.2) is 102 Å². The lowest BCUT2D eigenvalue weighted by molar-refractivity contribution is -0.301. The van der Waals surface area contributed by atoms with Crippen LogP contribution in [0.2, 0.25) is 0 Å². The van der Waals surface area contributed by atoms with Gasteiger partial charge in [-0.1, -0.05) is 96.8 Å². The van der Waals surface area contributed by atoms with Crippen molar-refractivity contribution in [3.63, 3.8) is 0 Å². The molecule has 0 aliphatic carbocycles. The molecule has 0 aromatic heterocycles. The quantitative estimate of drug-likeness (QED) is 0.0719. The van der Waals surface area contributed by atoms with Crippen LogP contribution in [0.15, 0.2) is 0 Å². The second-order valence-electron chi connectivity index (χ2n) is 12.5. The van der Waals surface area contributed by atoms with E-state index in [1.165, 1.54) is 83.5 Å². The smallest absolute Gasteiger partial charge is 0.186 e. The number of rotatable bonds is 32. The van der Waals surface area contributed by atoms with Gasteiger partial charge in [0, 0.05) is 32.3 Å². The summed E-state index contributed by atoms with van der Waals surface area (Å²) in [6, 6.07) is 0. The van der Waals surface area contributed by atoms with Gasteiger partial charge in [0.1, 0.15) is 36.0 Å². The third kappa shape index (κ3) is 22.3. The molecule has 10 nitrogen and oxygen atoms in total. The van der Waals surface area contributed by atoms with Crippen molar-refractivity contribution in [1.29, 1.82) is 0 Å². The summed E-state index contributed by atoms with van der Waals surface area (Å²) in [4.78, 5) is 24.1. The lowest BCUT2D eigenvalue weighted by Crippen LogP contribution is -2.59. The Bertz CT molecular complexity index is 704. The van der Waals surface area contributed by atoms with E-state index in [2.05, 4.69) is 6.92 Å². The highest BCUT2D eigenvalue weighted by Crippen LogP contribution is 2.22. The Morgan fingerprint density at radius 2 is 1.00 bits per heavy atom. The maximum absolute atomic E-state index is 12.1. The first-order chi connectivity index (χ1) is 21.9. The summed E-state index contributed by atoms with van der Waals surface area (Å²) in [5, 5.41) is 38.7. The van der Waals surface area contributed by atoms with Crippen molar-refractivity contribution in [2.75, 3.05) is 39.6 Å². The largest absolute Gasteiger partial charge is 0.394 e. The zero-order valence-corrected chi connectivity index (χ0v) is 28.2. The first-order valence-electron chi connectivity index (χ1n) is 18.0. The Morgan fingerprint density at radius 3 is 1.56 bits per heavy atom. The van der Waals surface area contributed by atoms with Crippen LogP contribution in [0.1, 0.15) is 142 Å². The molecule has 4 N–H and O–H groups in total. The highest BCUT2D eigenvalue weighted by Gasteiger charge is 2.43. The number of ether oxygens (including phenoxy) is 4. The van der Waals surface area contributed by atoms with Crippen molar-refractivity contribution >= 4 is 11.6 Å². The zero-order chi connectivity index (χ0) is 33.0. The first kappa shape index (κ1) is 42.0. The van der Waals surface area contributed by atoms with Crippen LogP contribution in [0.3, 0.4) is 0 Å². The molecule has 1 aliphatic rings. The van der Waals surface area contributed by atoms with E-state index in [0.717, 1.165) is 19.3 Å². The van der Waals surface area contributed by atoms with Gasteiger partial charge in [0.15, 0.2) is 6.29 Å². The molecule has 1 fully saturated rings. The molecule has 1 saturated heterocycles. The van der Waals surface area contributed by atoms with Gasteiger partial charge in [0.2, 0.25) is 0 Å². The maximum atomic E-state index is 12.1. The van der Waals surface area contributed by atoms with Gasteiger partial charge in [0.05, 0.1) is 33.0 Å². The number of hydrogen-bond acceptors (Lipinski definition) is 10. The number of carbonyl (C=O) groups is 2. The maximum Gasteiger partial charge on any atom is 0.186 e. The molecule has 0 spiro atoms. The summed E-state index contributed by atoms with van der Waals surface area (Å²) < 4.78 is 21.6. The molecule has 5 atom stereocenters. The average molecular weight is 647 g/mol. The highest BCUT2D eigenvalue weighted by molar-refractivity contribution is 5.78. The Morgan fingerprint density at radius 1 is 0.533 bits per heavy atom. The molecular weight excluding hydrogens is 580 g/mol. The van der Waals surface area contributed by atoms with Crippen molar-refractivity contribution in [2.24, 2.45) is 0 Å². The minimum atomic E-state index is -1.49. The molecule has 266 valence electrons. The predicted octanol–water partition coefficient (Wildman–Crippen LogP) is 5.19. The van der Waals surface area contributed by atoms with Crippen LogP contribution < -0.4 is 0 Å². The van der Waals surface area contributed by atoms with Gasteiger partial charge < -0.3 is 39.4 Å². The average Bonchev–Trinajstić information content (AvgIpc) is 3.03. The molecule has 1 rings (SSSR count). The molecule has 0 aromatic rings. The Hall–Kier alpha value is -0.980. The lowest BCUT2D eigenvalue weighted by Gasteiger charge is -2.39.